The minimum Gasteiger partial charge on any atom is -0.493 e. The molecule has 0 radical (unpaired) electrons. The van der Waals surface area contributed by atoms with Gasteiger partial charge in [0.15, 0.2) is 11.5 Å². The lowest BCUT2D eigenvalue weighted by atomic mass is 10.1. The number of nitro groups is 1. The van der Waals surface area contributed by atoms with Gasteiger partial charge in [0, 0.05) is 17.2 Å². The normalized spacial score (nSPS) is 14.6. The van der Waals surface area contributed by atoms with Gasteiger partial charge in [-0.25, -0.2) is 9.69 Å². The second kappa shape index (κ2) is 10.3. The van der Waals surface area contributed by atoms with Gasteiger partial charge in [-0.1, -0.05) is 35.9 Å². The Morgan fingerprint density at radius 3 is 2.53 bits per heavy atom. The van der Waals surface area contributed by atoms with E-state index in [0.29, 0.717) is 27.0 Å². The number of hydrogen-bond acceptors (Lipinski definition) is 7. The van der Waals surface area contributed by atoms with Gasteiger partial charge in [0.2, 0.25) is 0 Å². The second-order valence-corrected chi connectivity index (χ2v) is 8.00. The monoisotopic (exact) mass is 507 g/mol. The molecule has 0 spiro atoms. The van der Waals surface area contributed by atoms with Gasteiger partial charge >= 0.3 is 6.03 Å². The van der Waals surface area contributed by atoms with Crippen LogP contribution in [0.2, 0.25) is 5.02 Å². The highest BCUT2D eigenvalue weighted by Crippen LogP contribution is 2.31. The number of nitrogens with one attached hydrogen (secondary N) is 1. The maximum atomic E-state index is 13.1. The average molecular weight is 508 g/mol. The summed E-state index contributed by atoms with van der Waals surface area (Å²) in [4.78, 5) is 49.0. The molecule has 1 fully saturated rings. The molecule has 182 valence electrons. The quantitative estimate of drug-likeness (QED) is 0.216. The van der Waals surface area contributed by atoms with Gasteiger partial charge in [-0.15, -0.1) is 0 Å². The summed E-state index contributed by atoms with van der Waals surface area (Å²) in [6, 6.07) is 16.0. The molecule has 3 aromatic rings. The number of anilines is 1. The van der Waals surface area contributed by atoms with E-state index in [-0.39, 0.29) is 23.6 Å². The van der Waals surface area contributed by atoms with Crippen LogP contribution in [0.15, 0.2) is 72.3 Å². The van der Waals surface area contributed by atoms with Crippen LogP contribution >= 0.6 is 11.6 Å². The standard InChI is InChI=1S/C25H18ClN3O7/c1-35-22-12-15(8-9-21(22)36-14-16-4-2-5-17(26)10-16)11-20-23(30)27-25(32)28(24(20)31)18-6-3-7-19(13-18)29(33)34/h2-13H,14H2,1H3,(H,27,30,32)/b20-11+. The Labute approximate surface area is 209 Å². The molecule has 0 aromatic heterocycles. The topological polar surface area (TPSA) is 128 Å². The molecule has 1 heterocycles. The zero-order chi connectivity index (χ0) is 25.8. The molecule has 0 atom stereocenters. The summed E-state index contributed by atoms with van der Waals surface area (Å²) in [5.41, 5.74) is 0.580. The lowest BCUT2D eigenvalue weighted by Crippen LogP contribution is -2.54. The van der Waals surface area contributed by atoms with E-state index in [1.807, 2.05) is 6.07 Å². The van der Waals surface area contributed by atoms with Crippen LogP contribution in [-0.4, -0.2) is 29.9 Å². The molecular weight excluding hydrogens is 490 g/mol. The van der Waals surface area contributed by atoms with E-state index in [2.05, 4.69) is 5.32 Å². The highest BCUT2D eigenvalue weighted by Gasteiger charge is 2.37. The fourth-order valence-corrected chi connectivity index (χ4v) is 3.70. The van der Waals surface area contributed by atoms with Crippen molar-refractivity contribution in [1.82, 2.24) is 5.32 Å². The van der Waals surface area contributed by atoms with Crippen molar-refractivity contribution >= 4 is 46.9 Å². The average Bonchev–Trinajstić information content (AvgIpc) is 2.85. The van der Waals surface area contributed by atoms with Crippen molar-refractivity contribution in [3.63, 3.8) is 0 Å². The van der Waals surface area contributed by atoms with Crippen molar-refractivity contribution in [2.75, 3.05) is 12.0 Å². The Kier molecular flexibility index (Phi) is 6.98. The summed E-state index contributed by atoms with van der Waals surface area (Å²) in [5.74, 6) is -1.05. The fourth-order valence-electron chi connectivity index (χ4n) is 3.49. The summed E-state index contributed by atoms with van der Waals surface area (Å²) in [6.07, 6.45) is 1.29. The molecule has 0 bridgehead atoms. The predicted octanol–water partition coefficient (Wildman–Crippen LogP) is 4.50. The van der Waals surface area contributed by atoms with Gasteiger partial charge in [-0.05, 0) is 47.5 Å². The largest absolute Gasteiger partial charge is 0.493 e. The van der Waals surface area contributed by atoms with Crippen LogP contribution in [0.1, 0.15) is 11.1 Å². The lowest BCUT2D eigenvalue weighted by Gasteiger charge is -2.26. The molecule has 1 saturated heterocycles. The minimum atomic E-state index is -1.01. The van der Waals surface area contributed by atoms with Crippen molar-refractivity contribution in [3.8, 4) is 11.5 Å². The van der Waals surface area contributed by atoms with E-state index in [0.717, 1.165) is 11.6 Å². The van der Waals surface area contributed by atoms with E-state index in [1.165, 1.54) is 31.4 Å². The number of carbonyl (C=O) groups is 3. The highest BCUT2D eigenvalue weighted by molar-refractivity contribution is 6.39. The Morgan fingerprint density at radius 1 is 1.03 bits per heavy atom. The first kappa shape index (κ1) is 24.4. The number of barbiturate groups is 1. The van der Waals surface area contributed by atoms with Crippen molar-refractivity contribution in [1.29, 1.82) is 0 Å². The molecule has 36 heavy (non-hydrogen) atoms. The first-order valence-electron chi connectivity index (χ1n) is 10.5. The van der Waals surface area contributed by atoms with Crippen LogP contribution in [0.4, 0.5) is 16.2 Å². The van der Waals surface area contributed by atoms with Crippen LogP contribution < -0.4 is 19.7 Å². The number of urea groups is 1. The maximum absolute atomic E-state index is 13.1. The van der Waals surface area contributed by atoms with Gasteiger partial charge in [0.05, 0.1) is 17.7 Å². The number of non-ortho nitro benzene ring substituents is 1. The molecule has 4 rings (SSSR count). The zero-order valence-corrected chi connectivity index (χ0v) is 19.5. The Hall–Kier alpha value is -4.70. The smallest absolute Gasteiger partial charge is 0.335 e. The van der Waals surface area contributed by atoms with E-state index >= 15 is 0 Å². The molecule has 4 amide bonds. The van der Waals surface area contributed by atoms with E-state index < -0.39 is 22.8 Å². The lowest BCUT2D eigenvalue weighted by molar-refractivity contribution is -0.384. The van der Waals surface area contributed by atoms with Crippen LogP contribution in [0.5, 0.6) is 11.5 Å². The zero-order valence-electron chi connectivity index (χ0n) is 18.8. The van der Waals surface area contributed by atoms with Crippen molar-refractivity contribution in [2.24, 2.45) is 0 Å². The number of benzene rings is 3. The molecular formula is C25H18ClN3O7. The third kappa shape index (κ3) is 5.18. The van der Waals surface area contributed by atoms with Gasteiger partial charge in [-0.2, -0.15) is 0 Å². The SMILES string of the molecule is COc1cc(/C=C2\C(=O)NC(=O)N(c3cccc([N+](=O)[O-])c3)C2=O)ccc1OCc1cccc(Cl)c1. The molecule has 0 saturated carbocycles. The number of carbonyl (C=O) groups excluding carboxylic acids is 3. The van der Waals surface area contributed by atoms with Crippen molar-refractivity contribution < 1.29 is 28.8 Å². The van der Waals surface area contributed by atoms with Crippen LogP contribution in [0, 0.1) is 10.1 Å². The molecule has 0 unspecified atom stereocenters. The first-order chi connectivity index (χ1) is 17.3. The second-order valence-electron chi connectivity index (χ2n) is 7.56. The van der Waals surface area contributed by atoms with Crippen molar-refractivity contribution in [3.05, 3.63) is 98.6 Å². The van der Waals surface area contributed by atoms with Gasteiger partial charge in [0.25, 0.3) is 17.5 Å². The number of hydrogen-bond donors (Lipinski definition) is 1. The number of methoxy groups -OCH3 is 1. The van der Waals surface area contributed by atoms with E-state index in [1.54, 1.807) is 36.4 Å². The fraction of sp³-hybridized carbons (Fsp3) is 0.0800. The third-order valence-electron chi connectivity index (χ3n) is 5.18. The Bertz CT molecular complexity index is 1420. The van der Waals surface area contributed by atoms with Gasteiger partial charge < -0.3 is 9.47 Å². The maximum Gasteiger partial charge on any atom is 0.335 e. The minimum absolute atomic E-state index is 0.0487. The molecule has 1 N–H and O–H groups in total. The van der Waals surface area contributed by atoms with Gasteiger partial charge in [-0.3, -0.25) is 25.0 Å². The summed E-state index contributed by atoms with van der Waals surface area (Å²) in [5, 5.41) is 13.8. The first-order valence-corrected chi connectivity index (χ1v) is 10.9. The number of nitro benzene ring substituents is 1. The number of halogens is 1. The third-order valence-corrected chi connectivity index (χ3v) is 5.42. The molecule has 10 nitrogen and oxygen atoms in total. The number of imide groups is 2. The number of ether oxygens (including phenoxy) is 2. The number of nitrogens with zero attached hydrogens (tertiary/aromatic N) is 2. The van der Waals surface area contributed by atoms with E-state index in [4.69, 9.17) is 21.1 Å². The van der Waals surface area contributed by atoms with E-state index in [9.17, 15) is 24.5 Å². The molecule has 1 aliphatic rings. The molecule has 3 aromatic carbocycles. The van der Waals surface area contributed by atoms with Crippen LogP contribution in [0.25, 0.3) is 6.08 Å². The van der Waals surface area contributed by atoms with Crippen LogP contribution in [-0.2, 0) is 16.2 Å². The summed E-state index contributed by atoms with van der Waals surface area (Å²) < 4.78 is 11.2. The summed E-state index contributed by atoms with van der Waals surface area (Å²) in [6.45, 7) is 0.235. The molecule has 0 aliphatic carbocycles. The number of amides is 4. The number of rotatable bonds is 7. The van der Waals surface area contributed by atoms with Crippen LogP contribution in [0.3, 0.4) is 0 Å². The van der Waals surface area contributed by atoms with Crippen molar-refractivity contribution in [2.45, 2.75) is 6.61 Å². The highest BCUT2D eigenvalue weighted by atomic mass is 35.5. The van der Waals surface area contributed by atoms with Gasteiger partial charge in [0.1, 0.15) is 12.2 Å². The summed E-state index contributed by atoms with van der Waals surface area (Å²) >= 11 is 6.00. The molecule has 11 heteroatoms. The Morgan fingerprint density at radius 2 is 1.81 bits per heavy atom. The molecule has 1 aliphatic heterocycles. The Balaban J connectivity index is 1.61. The summed E-state index contributed by atoms with van der Waals surface area (Å²) in [7, 11) is 1.44. The predicted molar refractivity (Wildman–Crippen MR) is 131 cm³/mol.